The molecule has 1 aromatic rings. The Bertz CT molecular complexity index is 578. The van der Waals surface area contributed by atoms with E-state index >= 15 is 0 Å². The van der Waals surface area contributed by atoms with E-state index in [0.29, 0.717) is 43.5 Å². The molecule has 0 atom stereocenters. The highest BCUT2D eigenvalue weighted by molar-refractivity contribution is 9.25. The lowest BCUT2D eigenvalue weighted by Crippen LogP contribution is -2.38. The monoisotopic (exact) mass is 424 g/mol. The Kier molecular flexibility index (Phi) is 3.68. The molecule has 2 aliphatic heterocycles. The van der Waals surface area contributed by atoms with Gasteiger partial charge in [-0.2, -0.15) is 4.98 Å². The molecule has 0 aromatic carbocycles. The van der Waals surface area contributed by atoms with Gasteiger partial charge in [0.15, 0.2) is 5.82 Å². The van der Waals surface area contributed by atoms with Crippen molar-refractivity contribution in [1.82, 2.24) is 9.97 Å². The minimum atomic E-state index is -1.04. The molecule has 108 valence electrons. The van der Waals surface area contributed by atoms with Crippen LogP contribution in [0.25, 0.3) is 0 Å². The van der Waals surface area contributed by atoms with Gasteiger partial charge >= 0.3 is 0 Å². The largest absolute Gasteiger partial charge is 0.378 e. The predicted molar refractivity (Wildman–Crippen MR) is 83.0 cm³/mol. The standard InChI is InChI=1S/C11H11Br2ClN4O2/c1-17-6-7(11(12,13)9(17)19)15-10(14)16-8(6)18-2-4-20-5-3-18/h2-5H2,1H3. The average Bonchev–Trinajstić information content (AvgIpc) is 2.61. The number of amides is 1. The van der Waals surface area contributed by atoms with Crippen LogP contribution < -0.4 is 9.80 Å². The second kappa shape index (κ2) is 5.08. The van der Waals surface area contributed by atoms with Crippen LogP contribution in [0.1, 0.15) is 5.69 Å². The Morgan fingerprint density at radius 3 is 2.60 bits per heavy atom. The van der Waals surface area contributed by atoms with Crippen molar-refractivity contribution >= 4 is 60.9 Å². The number of morpholine rings is 1. The lowest BCUT2D eigenvalue weighted by molar-refractivity contribution is -0.117. The molecule has 0 spiro atoms. The molecular weight excluding hydrogens is 415 g/mol. The van der Waals surface area contributed by atoms with Crippen molar-refractivity contribution in [2.24, 2.45) is 0 Å². The number of alkyl halides is 2. The minimum absolute atomic E-state index is 0.122. The second-order valence-electron chi connectivity index (χ2n) is 4.55. The van der Waals surface area contributed by atoms with Crippen molar-refractivity contribution < 1.29 is 9.53 Å². The maximum atomic E-state index is 12.3. The third-order valence-electron chi connectivity index (χ3n) is 3.36. The van der Waals surface area contributed by atoms with E-state index in [1.807, 2.05) is 0 Å². The number of likely N-dealkylation sites (N-methyl/N-ethyl adjacent to an activating group) is 1. The van der Waals surface area contributed by atoms with E-state index in [1.165, 1.54) is 0 Å². The zero-order valence-electron chi connectivity index (χ0n) is 10.6. The van der Waals surface area contributed by atoms with Gasteiger partial charge in [-0.05, 0) is 11.6 Å². The van der Waals surface area contributed by atoms with E-state index in [9.17, 15) is 4.79 Å². The molecule has 1 fully saturated rings. The second-order valence-corrected chi connectivity index (χ2v) is 8.33. The SMILES string of the molecule is CN1C(=O)C(Br)(Br)c2nc(Cl)nc(N3CCOCC3)c21. The van der Waals surface area contributed by atoms with Gasteiger partial charge in [0.1, 0.15) is 11.4 Å². The summed E-state index contributed by atoms with van der Waals surface area (Å²) >= 11 is 12.8. The number of hydrogen-bond acceptors (Lipinski definition) is 5. The Hall–Kier alpha value is -0.440. The van der Waals surface area contributed by atoms with Crippen molar-refractivity contribution in [3.05, 3.63) is 11.0 Å². The first-order chi connectivity index (χ1) is 9.43. The quantitative estimate of drug-likeness (QED) is 0.507. The number of aromatic nitrogens is 2. The fourth-order valence-corrected chi connectivity index (χ4v) is 3.60. The van der Waals surface area contributed by atoms with Gasteiger partial charge < -0.3 is 14.5 Å². The van der Waals surface area contributed by atoms with Gasteiger partial charge in [0.2, 0.25) is 8.52 Å². The summed E-state index contributed by atoms with van der Waals surface area (Å²) in [6.45, 7) is 2.67. The summed E-state index contributed by atoms with van der Waals surface area (Å²) in [7, 11) is 1.70. The van der Waals surface area contributed by atoms with Gasteiger partial charge in [0.05, 0.1) is 13.2 Å². The van der Waals surface area contributed by atoms with Crippen LogP contribution in [0.2, 0.25) is 5.28 Å². The molecular formula is C11H11Br2ClN4O2. The smallest absolute Gasteiger partial charge is 0.260 e. The van der Waals surface area contributed by atoms with E-state index < -0.39 is 3.23 Å². The Labute approximate surface area is 137 Å². The first-order valence-corrected chi connectivity index (χ1v) is 7.96. The van der Waals surface area contributed by atoms with E-state index in [2.05, 4.69) is 46.7 Å². The zero-order chi connectivity index (χ0) is 14.5. The number of nitrogens with zero attached hydrogens (tertiary/aromatic N) is 4. The highest BCUT2D eigenvalue weighted by Gasteiger charge is 2.50. The third-order valence-corrected chi connectivity index (χ3v) is 4.95. The van der Waals surface area contributed by atoms with Crippen molar-refractivity contribution in [3.63, 3.8) is 0 Å². The maximum Gasteiger partial charge on any atom is 0.260 e. The lowest BCUT2D eigenvalue weighted by atomic mass is 10.3. The molecule has 6 nitrogen and oxygen atoms in total. The van der Waals surface area contributed by atoms with E-state index in [4.69, 9.17) is 16.3 Å². The number of carbonyl (C=O) groups is 1. The molecule has 3 rings (SSSR count). The van der Waals surface area contributed by atoms with Crippen LogP contribution in [0.15, 0.2) is 0 Å². The number of carbonyl (C=O) groups excluding carboxylic acids is 1. The first-order valence-electron chi connectivity index (χ1n) is 5.99. The van der Waals surface area contributed by atoms with Crippen LogP contribution in [0.3, 0.4) is 0 Å². The number of fused-ring (bicyclic) bond motifs is 1. The summed E-state index contributed by atoms with van der Waals surface area (Å²) in [4.78, 5) is 24.4. The van der Waals surface area contributed by atoms with Crippen molar-refractivity contribution in [3.8, 4) is 0 Å². The van der Waals surface area contributed by atoms with Crippen LogP contribution in [0.5, 0.6) is 0 Å². The number of hydrogen-bond donors (Lipinski definition) is 0. The molecule has 2 aliphatic rings. The fraction of sp³-hybridized carbons (Fsp3) is 0.545. The Balaban J connectivity index is 2.16. The number of halogens is 3. The fourth-order valence-electron chi connectivity index (χ4n) is 2.35. The molecule has 0 saturated carbocycles. The van der Waals surface area contributed by atoms with Crippen LogP contribution >= 0.6 is 43.5 Å². The molecule has 9 heteroatoms. The molecule has 3 heterocycles. The van der Waals surface area contributed by atoms with Crippen LogP contribution in [0.4, 0.5) is 11.5 Å². The molecule has 1 amide bonds. The highest BCUT2D eigenvalue weighted by Crippen LogP contribution is 2.52. The van der Waals surface area contributed by atoms with Crippen LogP contribution in [-0.2, 0) is 12.8 Å². The average molecular weight is 426 g/mol. The summed E-state index contributed by atoms with van der Waals surface area (Å²) in [6, 6.07) is 0. The molecule has 1 saturated heterocycles. The molecule has 0 radical (unpaired) electrons. The normalized spacial score (nSPS) is 21.3. The highest BCUT2D eigenvalue weighted by atomic mass is 79.9. The van der Waals surface area contributed by atoms with Gasteiger partial charge in [0.25, 0.3) is 5.91 Å². The molecule has 0 N–H and O–H groups in total. The summed E-state index contributed by atoms with van der Waals surface area (Å²) in [6.07, 6.45) is 0. The molecule has 0 bridgehead atoms. The Morgan fingerprint density at radius 1 is 1.30 bits per heavy atom. The van der Waals surface area contributed by atoms with Gasteiger partial charge in [-0.3, -0.25) is 4.79 Å². The summed E-state index contributed by atoms with van der Waals surface area (Å²) < 4.78 is 4.30. The summed E-state index contributed by atoms with van der Waals surface area (Å²) in [5.41, 5.74) is 1.21. The summed E-state index contributed by atoms with van der Waals surface area (Å²) in [5.74, 6) is 0.513. The number of rotatable bonds is 1. The molecule has 20 heavy (non-hydrogen) atoms. The zero-order valence-corrected chi connectivity index (χ0v) is 14.5. The molecule has 0 unspecified atom stereocenters. The molecule has 0 aliphatic carbocycles. The van der Waals surface area contributed by atoms with Gasteiger partial charge in [0, 0.05) is 20.1 Å². The maximum absolute atomic E-state index is 12.3. The van der Waals surface area contributed by atoms with Gasteiger partial charge in [-0.1, -0.05) is 31.9 Å². The van der Waals surface area contributed by atoms with E-state index in [-0.39, 0.29) is 11.2 Å². The third kappa shape index (κ3) is 2.13. The Morgan fingerprint density at radius 2 is 1.95 bits per heavy atom. The first kappa shape index (κ1) is 14.5. The number of anilines is 2. The van der Waals surface area contributed by atoms with Crippen molar-refractivity contribution in [2.45, 2.75) is 3.23 Å². The van der Waals surface area contributed by atoms with E-state index in [0.717, 1.165) is 0 Å². The summed E-state index contributed by atoms with van der Waals surface area (Å²) in [5, 5.41) is 0.122. The van der Waals surface area contributed by atoms with Gasteiger partial charge in [-0.15, -0.1) is 0 Å². The van der Waals surface area contributed by atoms with Crippen molar-refractivity contribution in [1.29, 1.82) is 0 Å². The predicted octanol–water partition coefficient (Wildman–Crippen LogP) is 1.89. The van der Waals surface area contributed by atoms with Crippen LogP contribution in [0, 0.1) is 0 Å². The van der Waals surface area contributed by atoms with Crippen molar-refractivity contribution in [2.75, 3.05) is 43.2 Å². The van der Waals surface area contributed by atoms with Crippen LogP contribution in [-0.4, -0.2) is 49.2 Å². The molecule has 1 aromatic heterocycles. The minimum Gasteiger partial charge on any atom is -0.378 e. The van der Waals surface area contributed by atoms with Gasteiger partial charge in [-0.25, -0.2) is 4.98 Å². The van der Waals surface area contributed by atoms with E-state index in [1.54, 1.807) is 11.9 Å². The topological polar surface area (TPSA) is 58.6 Å². The number of ether oxygens (including phenoxy) is 1. The lowest BCUT2D eigenvalue weighted by Gasteiger charge is -2.30.